The molecule has 0 unspecified atom stereocenters. The van der Waals surface area contributed by atoms with Crippen molar-refractivity contribution in [3.63, 3.8) is 0 Å². The van der Waals surface area contributed by atoms with Gasteiger partial charge in [-0.3, -0.25) is 14.9 Å². The normalized spacial score (nSPS) is 14.3. The van der Waals surface area contributed by atoms with E-state index in [1.807, 2.05) is 0 Å². The predicted octanol–water partition coefficient (Wildman–Crippen LogP) is 4.65. The van der Waals surface area contributed by atoms with Crippen molar-refractivity contribution >= 4 is 23.3 Å². The standard InChI is InChI=1S/C21H22N2O5/c1-14-7-8-16(13-19(14)23(26)27)20(24)22-17-11-9-15(10-12-17)21(25)28-18-5-3-2-4-6-18/h7-13,18H,2-6H2,1H3,(H,22,24). The van der Waals surface area contributed by atoms with Gasteiger partial charge in [-0.25, -0.2) is 4.79 Å². The third kappa shape index (κ3) is 4.73. The van der Waals surface area contributed by atoms with Crippen LogP contribution in [0.2, 0.25) is 0 Å². The van der Waals surface area contributed by atoms with Gasteiger partial charge in [0.1, 0.15) is 6.10 Å². The highest BCUT2D eigenvalue weighted by Crippen LogP contribution is 2.23. The summed E-state index contributed by atoms with van der Waals surface area (Å²) in [7, 11) is 0. The lowest BCUT2D eigenvalue weighted by Gasteiger charge is -2.21. The molecule has 0 atom stereocenters. The predicted molar refractivity (Wildman–Crippen MR) is 105 cm³/mol. The average Bonchev–Trinajstić information content (AvgIpc) is 2.69. The van der Waals surface area contributed by atoms with Crippen LogP contribution in [0.4, 0.5) is 11.4 Å². The lowest BCUT2D eigenvalue weighted by atomic mass is 9.98. The van der Waals surface area contributed by atoms with Gasteiger partial charge in [0.05, 0.1) is 10.5 Å². The highest BCUT2D eigenvalue weighted by molar-refractivity contribution is 6.05. The van der Waals surface area contributed by atoms with Crippen LogP contribution < -0.4 is 5.32 Å². The summed E-state index contributed by atoms with van der Waals surface area (Å²) in [4.78, 5) is 35.1. The number of nitro benzene ring substituents is 1. The number of rotatable bonds is 5. The second-order valence-corrected chi connectivity index (χ2v) is 6.96. The molecule has 146 valence electrons. The minimum Gasteiger partial charge on any atom is -0.459 e. The third-order valence-electron chi connectivity index (χ3n) is 4.87. The number of ether oxygens (including phenoxy) is 1. The number of aryl methyl sites for hydroxylation is 1. The lowest BCUT2D eigenvalue weighted by molar-refractivity contribution is -0.385. The number of hydrogen-bond donors (Lipinski definition) is 1. The summed E-state index contributed by atoms with van der Waals surface area (Å²) >= 11 is 0. The van der Waals surface area contributed by atoms with Crippen LogP contribution in [0.1, 0.15) is 58.4 Å². The molecule has 1 fully saturated rings. The number of nitrogens with one attached hydrogen (secondary N) is 1. The van der Waals surface area contributed by atoms with E-state index >= 15 is 0 Å². The van der Waals surface area contributed by atoms with Crippen molar-refractivity contribution in [2.24, 2.45) is 0 Å². The summed E-state index contributed by atoms with van der Waals surface area (Å²) in [6, 6.07) is 10.7. The first-order chi connectivity index (χ1) is 13.4. The van der Waals surface area contributed by atoms with E-state index in [9.17, 15) is 19.7 Å². The highest BCUT2D eigenvalue weighted by atomic mass is 16.6. The Labute approximate surface area is 162 Å². The lowest BCUT2D eigenvalue weighted by Crippen LogP contribution is -2.21. The van der Waals surface area contributed by atoms with E-state index in [1.165, 1.54) is 24.6 Å². The molecule has 1 saturated carbocycles. The maximum absolute atomic E-state index is 12.4. The van der Waals surface area contributed by atoms with Gasteiger partial charge in [0.15, 0.2) is 0 Å². The molecule has 0 bridgehead atoms. The van der Waals surface area contributed by atoms with Crippen molar-refractivity contribution in [3.05, 3.63) is 69.3 Å². The van der Waals surface area contributed by atoms with Crippen molar-refractivity contribution in [3.8, 4) is 0 Å². The minimum absolute atomic E-state index is 0.0158. The molecule has 0 heterocycles. The molecule has 1 amide bonds. The maximum Gasteiger partial charge on any atom is 0.338 e. The number of esters is 1. The van der Waals surface area contributed by atoms with Crippen molar-refractivity contribution < 1.29 is 19.2 Å². The molecular weight excluding hydrogens is 360 g/mol. The van der Waals surface area contributed by atoms with E-state index in [1.54, 1.807) is 31.2 Å². The second-order valence-electron chi connectivity index (χ2n) is 6.96. The summed E-state index contributed by atoms with van der Waals surface area (Å²) < 4.78 is 5.52. The summed E-state index contributed by atoms with van der Waals surface area (Å²) in [5, 5.41) is 13.7. The van der Waals surface area contributed by atoms with E-state index in [4.69, 9.17) is 4.74 Å². The minimum atomic E-state index is -0.515. The Morgan fingerprint density at radius 3 is 2.32 bits per heavy atom. The molecule has 1 aliphatic rings. The van der Waals surface area contributed by atoms with Gasteiger partial charge >= 0.3 is 5.97 Å². The summed E-state index contributed by atoms with van der Waals surface area (Å²) in [5.74, 6) is -0.820. The van der Waals surface area contributed by atoms with Gasteiger partial charge < -0.3 is 10.1 Å². The van der Waals surface area contributed by atoms with Crippen LogP contribution in [0.15, 0.2) is 42.5 Å². The number of carbonyl (C=O) groups is 2. The molecule has 0 saturated heterocycles. The van der Waals surface area contributed by atoms with Crippen molar-refractivity contribution in [2.75, 3.05) is 5.32 Å². The van der Waals surface area contributed by atoms with Crippen LogP contribution >= 0.6 is 0 Å². The van der Waals surface area contributed by atoms with Crippen LogP contribution in [0.5, 0.6) is 0 Å². The number of nitro groups is 1. The maximum atomic E-state index is 12.4. The Hall–Kier alpha value is -3.22. The van der Waals surface area contributed by atoms with E-state index in [0.29, 0.717) is 16.8 Å². The molecule has 28 heavy (non-hydrogen) atoms. The fraction of sp³-hybridized carbons (Fsp3) is 0.333. The summed E-state index contributed by atoms with van der Waals surface area (Å²) in [6.45, 7) is 1.62. The number of benzene rings is 2. The largest absolute Gasteiger partial charge is 0.459 e. The molecule has 2 aromatic rings. The van der Waals surface area contributed by atoms with Gasteiger partial charge in [-0.05, 0) is 62.9 Å². The molecule has 3 rings (SSSR count). The first kappa shape index (κ1) is 19.5. The van der Waals surface area contributed by atoms with Gasteiger partial charge in [-0.15, -0.1) is 0 Å². The molecule has 7 heteroatoms. The highest BCUT2D eigenvalue weighted by Gasteiger charge is 2.19. The van der Waals surface area contributed by atoms with Crippen LogP contribution in [0, 0.1) is 17.0 Å². The molecule has 1 aliphatic carbocycles. The molecule has 1 N–H and O–H groups in total. The van der Waals surface area contributed by atoms with Crippen molar-refractivity contribution in [2.45, 2.75) is 45.1 Å². The zero-order valence-electron chi connectivity index (χ0n) is 15.6. The molecule has 0 radical (unpaired) electrons. The second kappa shape index (κ2) is 8.65. The quantitative estimate of drug-likeness (QED) is 0.461. The molecule has 2 aromatic carbocycles. The SMILES string of the molecule is Cc1ccc(C(=O)Nc2ccc(C(=O)OC3CCCCC3)cc2)cc1[N+](=O)[O-]. The average molecular weight is 382 g/mol. The van der Waals surface area contributed by atoms with Crippen LogP contribution in [0.3, 0.4) is 0 Å². The number of anilines is 1. The van der Waals surface area contributed by atoms with Crippen LogP contribution in [0.25, 0.3) is 0 Å². The van der Waals surface area contributed by atoms with Crippen molar-refractivity contribution in [1.82, 2.24) is 0 Å². The Bertz CT molecular complexity index is 886. The fourth-order valence-corrected chi connectivity index (χ4v) is 3.24. The summed E-state index contributed by atoms with van der Waals surface area (Å²) in [5.41, 5.74) is 1.49. The zero-order chi connectivity index (χ0) is 20.1. The van der Waals surface area contributed by atoms with Gasteiger partial charge in [0.2, 0.25) is 0 Å². The Balaban J connectivity index is 1.63. The molecule has 7 nitrogen and oxygen atoms in total. The van der Waals surface area contributed by atoms with Crippen LogP contribution in [-0.2, 0) is 4.74 Å². The molecular formula is C21H22N2O5. The van der Waals surface area contributed by atoms with E-state index in [0.717, 1.165) is 25.7 Å². The van der Waals surface area contributed by atoms with Gasteiger partial charge in [-0.1, -0.05) is 12.5 Å². The van der Waals surface area contributed by atoms with Gasteiger partial charge in [0, 0.05) is 22.9 Å². The molecule has 0 aromatic heterocycles. The Morgan fingerprint density at radius 1 is 1.04 bits per heavy atom. The molecule has 0 spiro atoms. The number of amides is 1. The fourth-order valence-electron chi connectivity index (χ4n) is 3.24. The number of nitrogens with zero attached hydrogens (tertiary/aromatic N) is 1. The van der Waals surface area contributed by atoms with Crippen LogP contribution in [-0.4, -0.2) is 22.9 Å². The van der Waals surface area contributed by atoms with E-state index in [-0.39, 0.29) is 23.3 Å². The number of carbonyl (C=O) groups excluding carboxylic acids is 2. The van der Waals surface area contributed by atoms with E-state index in [2.05, 4.69) is 5.32 Å². The van der Waals surface area contributed by atoms with Gasteiger partial charge in [-0.2, -0.15) is 0 Å². The molecule has 0 aliphatic heterocycles. The monoisotopic (exact) mass is 382 g/mol. The third-order valence-corrected chi connectivity index (χ3v) is 4.87. The smallest absolute Gasteiger partial charge is 0.338 e. The Kier molecular flexibility index (Phi) is 6.03. The van der Waals surface area contributed by atoms with Crippen molar-refractivity contribution in [1.29, 1.82) is 0 Å². The first-order valence-electron chi connectivity index (χ1n) is 9.31. The Morgan fingerprint density at radius 2 is 1.68 bits per heavy atom. The van der Waals surface area contributed by atoms with Gasteiger partial charge in [0.25, 0.3) is 11.6 Å². The zero-order valence-corrected chi connectivity index (χ0v) is 15.6. The summed E-state index contributed by atoms with van der Waals surface area (Å²) in [6.07, 6.45) is 5.15. The van der Waals surface area contributed by atoms with E-state index < -0.39 is 10.8 Å². The topological polar surface area (TPSA) is 98.5 Å². The number of hydrogen-bond acceptors (Lipinski definition) is 5. The first-order valence-corrected chi connectivity index (χ1v) is 9.31.